The SMILES string of the molecule is CC(=O)C(C)C.CC(=O)C(C)C.CNC(=O)C(C)C.CNC(=O)C(C)C.CNC(=S)C(C)C.CNC(=S)C(C)C.COC(=O)C(C)C.COC(=O)C(C)C. The highest BCUT2D eigenvalue weighted by Gasteiger charge is 2.04. The van der Waals surface area contributed by atoms with E-state index in [1.54, 1.807) is 55.6 Å². The number of hydrogen-bond acceptors (Lipinski definition) is 10. The lowest BCUT2D eigenvalue weighted by molar-refractivity contribution is -0.145. The van der Waals surface area contributed by atoms with Crippen molar-refractivity contribution in [2.75, 3.05) is 42.4 Å². The van der Waals surface area contributed by atoms with E-state index in [9.17, 15) is 28.8 Å². The summed E-state index contributed by atoms with van der Waals surface area (Å²) in [5, 5.41) is 10.8. The molecule has 0 unspecified atom stereocenters. The summed E-state index contributed by atoms with van der Waals surface area (Å²) in [6, 6.07) is 0. The number of nitrogens with one attached hydrogen (secondary N) is 4. The van der Waals surface area contributed by atoms with E-state index in [1.807, 2.05) is 69.5 Å². The largest absolute Gasteiger partial charge is 0.469 e. The number of carbonyl (C=O) groups excluding carboxylic acids is 6. The normalized spacial score (nSPS) is 9.19. The summed E-state index contributed by atoms with van der Waals surface area (Å²) in [6.07, 6.45) is 0. The third kappa shape index (κ3) is 67.2. The fourth-order valence-electron chi connectivity index (χ4n) is 1.63. The minimum atomic E-state index is -0.153. The molecule has 12 nitrogen and oxygen atoms in total. The molecular formula is C40H84N4O8S2. The van der Waals surface area contributed by atoms with Gasteiger partial charge in [-0.25, -0.2) is 0 Å². The Morgan fingerprint density at radius 3 is 0.556 bits per heavy atom. The van der Waals surface area contributed by atoms with Gasteiger partial charge in [-0.2, -0.15) is 0 Å². The van der Waals surface area contributed by atoms with Crippen LogP contribution in [0.5, 0.6) is 0 Å². The lowest BCUT2D eigenvalue weighted by Crippen LogP contribution is -2.22. The van der Waals surface area contributed by atoms with Crippen molar-refractivity contribution < 1.29 is 38.2 Å². The summed E-state index contributed by atoms with van der Waals surface area (Å²) in [6.45, 7) is 33.7. The summed E-state index contributed by atoms with van der Waals surface area (Å²) >= 11 is 9.74. The van der Waals surface area contributed by atoms with Crippen LogP contribution in [0.2, 0.25) is 0 Å². The lowest BCUT2D eigenvalue weighted by atomic mass is 10.1. The van der Waals surface area contributed by atoms with Crippen LogP contribution in [0.15, 0.2) is 0 Å². The van der Waals surface area contributed by atoms with E-state index in [2.05, 4.69) is 58.4 Å². The summed E-state index contributed by atoms with van der Waals surface area (Å²) in [4.78, 5) is 63.5. The molecule has 4 N–H and O–H groups in total. The zero-order valence-electron chi connectivity index (χ0n) is 38.7. The van der Waals surface area contributed by atoms with Crippen LogP contribution < -0.4 is 21.3 Å². The standard InChI is InChI=1S/2C5H11NO.2C5H11NS.2C5H10O2.2C5H10O/c4*1-4(2)5(7)6-3;2*1-4(2)5(6)7-3;2*1-4(2)5(3)6/h4*4H,1-3H3,(H,6,7);2*4H,1-3H3;2*4H,1-3H3. The first-order valence-corrected chi connectivity index (χ1v) is 19.2. The first kappa shape index (κ1) is 69.0. The monoisotopic (exact) mass is 813 g/mol. The van der Waals surface area contributed by atoms with E-state index >= 15 is 0 Å². The zero-order valence-corrected chi connectivity index (χ0v) is 40.3. The van der Waals surface area contributed by atoms with Crippen molar-refractivity contribution >= 4 is 69.7 Å². The Hall–Kier alpha value is -3.00. The fourth-order valence-corrected chi connectivity index (χ4v) is 1.63. The number of Topliss-reactive ketones (excluding diaryl/α,β-unsaturated/α-hetero) is 2. The molecule has 0 heterocycles. The van der Waals surface area contributed by atoms with Crippen molar-refractivity contribution in [3.05, 3.63) is 0 Å². The van der Waals surface area contributed by atoms with Gasteiger partial charge in [0.2, 0.25) is 11.8 Å². The Bertz CT molecular complexity index is 823. The van der Waals surface area contributed by atoms with Gasteiger partial charge < -0.3 is 30.7 Å². The molecule has 2 amide bonds. The van der Waals surface area contributed by atoms with Gasteiger partial charge in [0, 0.05) is 63.7 Å². The number of hydrogen-bond donors (Lipinski definition) is 4. The molecule has 0 aliphatic heterocycles. The van der Waals surface area contributed by atoms with Crippen LogP contribution >= 0.6 is 24.4 Å². The molecule has 0 spiro atoms. The van der Waals surface area contributed by atoms with Crippen LogP contribution in [0.4, 0.5) is 0 Å². The second-order valence-corrected chi connectivity index (χ2v) is 14.8. The molecule has 0 saturated heterocycles. The number of ketones is 2. The average Bonchev–Trinajstić information content (AvgIpc) is 3.10. The number of thiocarbonyl (C=S) groups is 2. The Morgan fingerprint density at radius 1 is 0.370 bits per heavy atom. The quantitative estimate of drug-likeness (QED) is 0.143. The van der Waals surface area contributed by atoms with Gasteiger partial charge in [-0.15, -0.1) is 0 Å². The smallest absolute Gasteiger partial charge is 0.308 e. The Labute approximate surface area is 342 Å². The highest BCUT2D eigenvalue weighted by Crippen LogP contribution is 1.94. The molecule has 324 valence electrons. The maximum atomic E-state index is 10.4. The first-order valence-electron chi connectivity index (χ1n) is 18.4. The molecule has 54 heavy (non-hydrogen) atoms. The van der Waals surface area contributed by atoms with Gasteiger partial charge in [0.15, 0.2) is 0 Å². The van der Waals surface area contributed by atoms with E-state index in [1.165, 1.54) is 14.2 Å². The lowest BCUT2D eigenvalue weighted by Gasteiger charge is -2.03. The van der Waals surface area contributed by atoms with Crippen molar-refractivity contribution in [3.63, 3.8) is 0 Å². The Balaban J connectivity index is -0.0000000747. The molecule has 0 saturated carbocycles. The molecule has 0 atom stereocenters. The number of carbonyl (C=O) groups is 6. The summed E-state index contributed by atoms with van der Waals surface area (Å²) in [7, 11) is 9.76. The number of ether oxygens (including phenoxy) is 2. The molecule has 0 aromatic rings. The topological polar surface area (TPSA) is 169 Å². The van der Waals surface area contributed by atoms with Gasteiger partial charge in [0.25, 0.3) is 0 Å². The van der Waals surface area contributed by atoms with Crippen LogP contribution in [0, 0.1) is 47.3 Å². The second kappa shape index (κ2) is 46.2. The molecule has 0 aromatic heterocycles. The fraction of sp³-hybridized carbons (Fsp3) is 0.800. The van der Waals surface area contributed by atoms with Crippen molar-refractivity contribution in [2.24, 2.45) is 47.3 Å². The Kier molecular flexibility index (Phi) is 58.9. The van der Waals surface area contributed by atoms with Crippen molar-refractivity contribution in [3.8, 4) is 0 Å². The molecule has 0 aliphatic carbocycles. The van der Waals surface area contributed by atoms with E-state index in [4.69, 9.17) is 24.4 Å². The van der Waals surface area contributed by atoms with Crippen LogP contribution in [0.25, 0.3) is 0 Å². The van der Waals surface area contributed by atoms with E-state index in [-0.39, 0.29) is 70.8 Å². The predicted octanol–water partition coefficient (Wildman–Crippen LogP) is 7.25. The molecule has 14 heteroatoms. The molecular weight excluding hydrogens is 729 g/mol. The van der Waals surface area contributed by atoms with Crippen LogP contribution in [0.3, 0.4) is 0 Å². The summed E-state index contributed by atoms with van der Waals surface area (Å²) in [5.41, 5.74) is 0. The molecule has 0 bridgehead atoms. The van der Waals surface area contributed by atoms with Gasteiger partial charge in [0.1, 0.15) is 11.6 Å². The maximum Gasteiger partial charge on any atom is 0.308 e. The molecule has 0 fully saturated rings. The van der Waals surface area contributed by atoms with Gasteiger partial charge in [-0.3, -0.25) is 28.8 Å². The van der Waals surface area contributed by atoms with Crippen molar-refractivity contribution in [2.45, 2.75) is 125 Å². The van der Waals surface area contributed by atoms with E-state index < -0.39 is 0 Å². The number of esters is 2. The van der Waals surface area contributed by atoms with Gasteiger partial charge in [-0.05, 0) is 13.8 Å². The van der Waals surface area contributed by atoms with Gasteiger partial charge in [0.05, 0.1) is 36.0 Å². The number of amides is 2. The van der Waals surface area contributed by atoms with Crippen LogP contribution in [0.1, 0.15) is 125 Å². The van der Waals surface area contributed by atoms with Crippen LogP contribution in [-0.4, -0.2) is 87.7 Å². The van der Waals surface area contributed by atoms with E-state index in [0.29, 0.717) is 11.8 Å². The van der Waals surface area contributed by atoms with E-state index in [0.717, 1.165) is 9.98 Å². The number of rotatable bonds is 8. The minimum Gasteiger partial charge on any atom is -0.469 e. The molecule has 0 radical (unpaired) electrons. The second-order valence-electron chi connectivity index (χ2n) is 14.0. The zero-order chi connectivity index (χ0) is 45.5. The van der Waals surface area contributed by atoms with Gasteiger partial charge in [-0.1, -0.05) is 135 Å². The predicted molar refractivity (Wildman–Crippen MR) is 236 cm³/mol. The molecule has 0 aliphatic rings. The molecule has 0 aromatic carbocycles. The third-order valence-corrected chi connectivity index (χ3v) is 7.41. The highest BCUT2D eigenvalue weighted by molar-refractivity contribution is 7.80. The molecule has 0 rings (SSSR count). The average molecular weight is 813 g/mol. The summed E-state index contributed by atoms with van der Waals surface area (Å²) < 4.78 is 8.75. The number of methoxy groups -OCH3 is 2. The minimum absolute atomic E-state index is 0.00463. The van der Waals surface area contributed by atoms with Crippen LogP contribution in [-0.2, 0) is 38.2 Å². The maximum absolute atomic E-state index is 10.4. The third-order valence-electron chi connectivity index (χ3n) is 6.05. The van der Waals surface area contributed by atoms with Crippen molar-refractivity contribution in [1.82, 2.24) is 21.3 Å². The first-order chi connectivity index (χ1) is 24.4. The Morgan fingerprint density at radius 2 is 0.556 bits per heavy atom. The van der Waals surface area contributed by atoms with Crippen molar-refractivity contribution in [1.29, 1.82) is 0 Å². The highest BCUT2D eigenvalue weighted by atomic mass is 32.1. The van der Waals surface area contributed by atoms with Gasteiger partial charge >= 0.3 is 11.9 Å². The summed E-state index contributed by atoms with van der Waals surface area (Å²) in [5.74, 6) is 2.05.